The number of aliphatic hydroxyl groups excluding tert-OH is 1. The van der Waals surface area contributed by atoms with Gasteiger partial charge in [0.15, 0.2) is 0 Å². The van der Waals surface area contributed by atoms with Crippen molar-refractivity contribution in [2.45, 2.75) is 6.92 Å². The highest BCUT2D eigenvalue weighted by Gasteiger charge is 2.22. The van der Waals surface area contributed by atoms with Crippen LogP contribution < -0.4 is 0 Å². The van der Waals surface area contributed by atoms with Crippen molar-refractivity contribution in [1.82, 2.24) is 19.7 Å². The van der Waals surface area contributed by atoms with Crippen LogP contribution in [0.15, 0.2) is 61.1 Å². The molecule has 1 aromatic carbocycles. The van der Waals surface area contributed by atoms with Gasteiger partial charge in [0.2, 0.25) is 0 Å². The van der Waals surface area contributed by atoms with Crippen molar-refractivity contribution in [2.75, 3.05) is 19.7 Å². The van der Waals surface area contributed by atoms with Crippen LogP contribution in [0.2, 0.25) is 0 Å². The number of hydrogen-bond donors (Lipinski definition) is 1. The second-order valence-electron chi connectivity index (χ2n) is 5.52. The molecule has 0 aliphatic heterocycles. The van der Waals surface area contributed by atoms with E-state index in [0.717, 1.165) is 11.3 Å². The number of likely N-dealkylation sites (N-methyl/N-ethyl adjacent to an activating group) is 1. The Hall–Kier alpha value is -2.99. The minimum Gasteiger partial charge on any atom is -0.395 e. The van der Waals surface area contributed by atoms with E-state index in [0.29, 0.717) is 24.3 Å². The topological polar surface area (TPSA) is 71.2 Å². The van der Waals surface area contributed by atoms with Crippen molar-refractivity contribution >= 4 is 5.91 Å². The smallest absolute Gasteiger partial charge is 0.257 e. The predicted molar refractivity (Wildman–Crippen MR) is 95.5 cm³/mol. The number of pyridine rings is 1. The molecular weight excluding hydrogens is 316 g/mol. The molecule has 1 amide bonds. The molecule has 0 saturated carbocycles. The normalized spacial score (nSPS) is 10.6. The van der Waals surface area contributed by atoms with E-state index < -0.39 is 0 Å². The van der Waals surface area contributed by atoms with Gasteiger partial charge in [0.1, 0.15) is 5.69 Å². The molecule has 0 unspecified atom stereocenters. The minimum atomic E-state index is -0.155. The standard InChI is InChI=1S/C19H20N4O2/c1-2-22(11-12-24)19(25)17-14-23(16-8-4-3-5-9-16)21-18(17)15-7-6-10-20-13-15/h3-10,13-14,24H,2,11-12H2,1H3. The lowest BCUT2D eigenvalue weighted by molar-refractivity contribution is 0.0732. The molecule has 6 nitrogen and oxygen atoms in total. The molecule has 2 aromatic heterocycles. The van der Waals surface area contributed by atoms with Gasteiger partial charge in [0.25, 0.3) is 5.91 Å². The van der Waals surface area contributed by atoms with E-state index in [-0.39, 0.29) is 12.5 Å². The molecule has 0 fully saturated rings. The summed E-state index contributed by atoms with van der Waals surface area (Å²) in [4.78, 5) is 18.7. The molecule has 0 atom stereocenters. The lowest BCUT2D eigenvalue weighted by atomic mass is 10.1. The van der Waals surface area contributed by atoms with Gasteiger partial charge in [-0.15, -0.1) is 0 Å². The van der Waals surface area contributed by atoms with E-state index in [1.807, 2.05) is 49.4 Å². The maximum absolute atomic E-state index is 12.9. The van der Waals surface area contributed by atoms with Crippen LogP contribution in [0.1, 0.15) is 17.3 Å². The van der Waals surface area contributed by atoms with Gasteiger partial charge < -0.3 is 10.0 Å². The fraction of sp³-hybridized carbons (Fsp3) is 0.211. The summed E-state index contributed by atoms with van der Waals surface area (Å²) in [6, 6.07) is 13.3. The quantitative estimate of drug-likeness (QED) is 0.750. The van der Waals surface area contributed by atoms with Crippen molar-refractivity contribution in [3.63, 3.8) is 0 Å². The van der Waals surface area contributed by atoms with Crippen molar-refractivity contribution in [1.29, 1.82) is 0 Å². The molecule has 0 aliphatic rings. The van der Waals surface area contributed by atoms with Crippen LogP contribution in [0.4, 0.5) is 0 Å². The summed E-state index contributed by atoms with van der Waals surface area (Å²) in [5, 5.41) is 13.8. The zero-order valence-corrected chi connectivity index (χ0v) is 14.0. The van der Waals surface area contributed by atoms with Crippen molar-refractivity contribution in [3.05, 3.63) is 66.6 Å². The number of benzene rings is 1. The van der Waals surface area contributed by atoms with Crippen LogP contribution in [-0.4, -0.2) is 50.4 Å². The first-order valence-electron chi connectivity index (χ1n) is 8.20. The number of aliphatic hydroxyl groups is 1. The average Bonchev–Trinajstić information content (AvgIpc) is 3.12. The number of nitrogens with zero attached hydrogens (tertiary/aromatic N) is 4. The number of hydrogen-bond acceptors (Lipinski definition) is 4. The number of carbonyl (C=O) groups is 1. The molecule has 3 rings (SSSR count). The maximum Gasteiger partial charge on any atom is 0.257 e. The Bertz CT molecular complexity index is 831. The first kappa shape index (κ1) is 16.9. The van der Waals surface area contributed by atoms with Gasteiger partial charge in [-0.05, 0) is 31.2 Å². The monoisotopic (exact) mass is 336 g/mol. The Labute approximate surface area is 146 Å². The first-order valence-corrected chi connectivity index (χ1v) is 8.20. The van der Waals surface area contributed by atoms with Crippen LogP contribution in [0, 0.1) is 0 Å². The van der Waals surface area contributed by atoms with Crippen LogP contribution in [0.25, 0.3) is 16.9 Å². The number of amides is 1. The Morgan fingerprint density at radius 2 is 2.00 bits per heavy atom. The largest absolute Gasteiger partial charge is 0.395 e. The zero-order chi connectivity index (χ0) is 17.6. The highest BCUT2D eigenvalue weighted by atomic mass is 16.3. The van der Waals surface area contributed by atoms with Gasteiger partial charge in [-0.25, -0.2) is 4.68 Å². The molecule has 2 heterocycles. The number of rotatable bonds is 6. The van der Waals surface area contributed by atoms with E-state index in [1.54, 1.807) is 28.2 Å². The van der Waals surface area contributed by atoms with E-state index in [1.165, 1.54) is 0 Å². The third-order valence-electron chi connectivity index (χ3n) is 3.94. The summed E-state index contributed by atoms with van der Waals surface area (Å²) in [5.41, 5.74) is 2.72. The zero-order valence-electron chi connectivity index (χ0n) is 14.0. The fourth-order valence-electron chi connectivity index (χ4n) is 2.65. The summed E-state index contributed by atoms with van der Waals surface area (Å²) in [6.07, 6.45) is 5.11. The lowest BCUT2D eigenvalue weighted by Crippen LogP contribution is -2.33. The van der Waals surface area contributed by atoms with Crippen LogP contribution in [0.3, 0.4) is 0 Å². The second kappa shape index (κ2) is 7.72. The molecule has 6 heteroatoms. The highest BCUT2D eigenvalue weighted by Crippen LogP contribution is 2.24. The number of aromatic nitrogens is 3. The Balaban J connectivity index is 2.09. The molecular formula is C19H20N4O2. The Kier molecular flexibility index (Phi) is 5.20. The van der Waals surface area contributed by atoms with Crippen molar-refractivity contribution in [2.24, 2.45) is 0 Å². The fourth-order valence-corrected chi connectivity index (χ4v) is 2.65. The third kappa shape index (κ3) is 3.59. The van der Waals surface area contributed by atoms with Gasteiger partial charge in [0, 0.05) is 37.2 Å². The van der Waals surface area contributed by atoms with Gasteiger partial charge in [0.05, 0.1) is 17.9 Å². The van der Waals surface area contributed by atoms with Gasteiger partial charge >= 0.3 is 0 Å². The maximum atomic E-state index is 12.9. The summed E-state index contributed by atoms with van der Waals surface area (Å²) in [7, 11) is 0. The van der Waals surface area contributed by atoms with Crippen molar-refractivity contribution < 1.29 is 9.90 Å². The Morgan fingerprint density at radius 3 is 2.64 bits per heavy atom. The number of para-hydroxylation sites is 1. The van der Waals surface area contributed by atoms with Crippen LogP contribution in [0.5, 0.6) is 0 Å². The van der Waals surface area contributed by atoms with Crippen LogP contribution >= 0.6 is 0 Å². The minimum absolute atomic E-state index is 0.0748. The van der Waals surface area contributed by atoms with Crippen molar-refractivity contribution in [3.8, 4) is 16.9 Å². The molecule has 0 radical (unpaired) electrons. The molecule has 1 N–H and O–H groups in total. The summed E-state index contributed by atoms with van der Waals surface area (Å²) in [6.45, 7) is 2.62. The molecule has 25 heavy (non-hydrogen) atoms. The first-order chi connectivity index (χ1) is 12.2. The SMILES string of the molecule is CCN(CCO)C(=O)c1cn(-c2ccccc2)nc1-c1cccnc1. The Morgan fingerprint density at radius 1 is 1.20 bits per heavy atom. The molecule has 128 valence electrons. The van der Waals surface area contributed by atoms with E-state index in [9.17, 15) is 9.90 Å². The van der Waals surface area contributed by atoms with E-state index >= 15 is 0 Å². The molecule has 0 saturated heterocycles. The molecule has 0 spiro atoms. The predicted octanol–water partition coefficient (Wildman–Crippen LogP) is 2.39. The van der Waals surface area contributed by atoms with Crippen LogP contribution in [-0.2, 0) is 0 Å². The average molecular weight is 336 g/mol. The molecule has 3 aromatic rings. The lowest BCUT2D eigenvalue weighted by Gasteiger charge is -2.19. The summed E-state index contributed by atoms with van der Waals surface area (Å²) < 4.78 is 1.70. The highest BCUT2D eigenvalue weighted by molar-refractivity contribution is 5.99. The summed E-state index contributed by atoms with van der Waals surface area (Å²) >= 11 is 0. The number of carbonyl (C=O) groups excluding carboxylic acids is 1. The third-order valence-corrected chi connectivity index (χ3v) is 3.94. The van der Waals surface area contributed by atoms with E-state index in [4.69, 9.17) is 0 Å². The van der Waals surface area contributed by atoms with E-state index in [2.05, 4.69) is 10.1 Å². The molecule has 0 aliphatic carbocycles. The molecule has 0 bridgehead atoms. The summed E-state index contributed by atoms with van der Waals surface area (Å²) in [5.74, 6) is -0.155. The van der Waals surface area contributed by atoms with Gasteiger partial charge in [-0.1, -0.05) is 18.2 Å². The second-order valence-corrected chi connectivity index (χ2v) is 5.52. The van der Waals surface area contributed by atoms with Gasteiger partial charge in [-0.2, -0.15) is 5.10 Å². The van der Waals surface area contributed by atoms with Gasteiger partial charge in [-0.3, -0.25) is 9.78 Å².